The number of allylic oxidation sites excluding steroid dienone is 1. The smallest absolute Gasteiger partial charge is 0.341 e. The number of hydrogen-bond donors (Lipinski definition) is 2. The summed E-state index contributed by atoms with van der Waals surface area (Å²) in [7, 11) is 0. The molecular weight excluding hydrogens is 342 g/mol. The number of carbonyl (C=O) groups excluding carboxylic acids is 2. The molecule has 2 saturated heterocycles. The minimum Gasteiger partial charge on any atom is -0.632 e. The van der Waals surface area contributed by atoms with E-state index < -0.39 is 46.9 Å². The first kappa shape index (κ1) is 19.0. The summed E-state index contributed by atoms with van der Waals surface area (Å²) in [6, 6.07) is -0.594. The lowest BCUT2D eigenvalue weighted by Crippen LogP contribution is -2.51. The number of esters is 2. The SMILES string of the molecule is C/C=C1/C[C@H](C)[C@@](O)(CO)C(=O)OCC2=CC[N@@+]3([O-])CC[C@@H](OC1=O)[C@@H]23. The first-order valence-electron chi connectivity index (χ1n) is 8.88. The van der Waals surface area contributed by atoms with E-state index in [2.05, 4.69) is 0 Å². The number of carbonyl (C=O) groups is 2. The number of hydrogen-bond acceptors (Lipinski definition) is 7. The van der Waals surface area contributed by atoms with Crippen molar-refractivity contribution in [3.8, 4) is 0 Å². The quantitative estimate of drug-likeness (QED) is 0.223. The van der Waals surface area contributed by atoms with Gasteiger partial charge in [0.05, 0.1) is 19.7 Å². The second-order valence-electron chi connectivity index (χ2n) is 7.39. The largest absolute Gasteiger partial charge is 0.632 e. The molecule has 3 rings (SSSR count). The molecule has 0 aliphatic carbocycles. The fourth-order valence-electron chi connectivity index (χ4n) is 4.08. The van der Waals surface area contributed by atoms with E-state index in [-0.39, 0.29) is 25.1 Å². The normalized spacial score (nSPS) is 42.4. The maximum absolute atomic E-state index is 12.9. The number of quaternary nitrogens is 1. The number of aliphatic hydroxyl groups excluding tert-OH is 1. The van der Waals surface area contributed by atoms with E-state index in [0.717, 1.165) is 0 Å². The Kier molecular flexibility index (Phi) is 4.96. The first-order valence-corrected chi connectivity index (χ1v) is 8.88. The van der Waals surface area contributed by atoms with Crippen LogP contribution in [-0.2, 0) is 19.1 Å². The molecule has 3 aliphatic heterocycles. The van der Waals surface area contributed by atoms with E-state index in [1.165, 1.54) is 0 Å². The summed E-state index contributed by atoms with van der Waals surface area (Å²) in [5, 5.41) is 33.1. The van der Waals surface area contributed by atoms with Gasteiger partial charge < -0.3 is 29.5 Å². The summed E-state index contributed by atoms with van der Waals surface area (Å²) in [6.45, 7) is 2.81. The highest BCUT2D eigenvalue weighted by Crippen LogP contribution is 2.39. The summed E-state index contributed by atoms with van der Waals surface area (Å²) in [6.07, 6.45) is 3.22. The van der Waals surface area contributed by atoms with E-state index in [0.29, 0.717) is 18.5 Å². The summed E-state index contributed by atoms with van der Waals surface area (Å²) < 4.78 is 10.4. The van der Waals surface area contributed by atoms with E-state index in [4.69, 9.17) is 9.47 Å². The molecule has 2 N–H and O–H groups in total. The molecule has 26 heavy (non-hydrogen) atoms. The molecule has 0 bridgehead atoms. The number of rotatable bonds is 1. The van der Waals surface area contributed by atoms with E-state index in [1.807, 2.05) is 0 Å². The highest BCUT2D eigenvalue weighted by Gasteiger charge is 2.51. The third-order valence-electron chi connectivity index (χ3n) is 5.87. The van der Waals surface area contributed by atoms with Crippen molar-refractivity contribution in [2.24, 2.45) is 5.92 Å². The van der Waals surface area contributed by atoms with E-state index in [9.17, 15) is 25.0 Å². The number of ether oxygens (including phenoxy) is 2. The van der Waals surface area contributed by atoms with E-state index in [1.54, 1.807) is 26.0 Å². The lowest BCUT2D eigenvalue weighted by molar-refractivity contribution is -0.877. The molecule has 5 atom stereocenters. The predicted molar refractivity (Wildman–Crippen MR) is 90.3 cm³/mol. The number of aliphatic hydroxyl groups is 2. The lowest BCUT2D eigenvalue weighted by atomic mass is 9.84. The fraction of sp³-hybridized carbons (Fsp3) is 0.667. The minimum absolute atomic E-state index is 0.0406. The van der Waals surface area contributed by atoms with Crippen LogP contribution in [-0.4, -0.2) is 70.8 Å². The molecule has 2 fully saturated rings. The summed E-state index contributed by atoms with van der Waals surface area (Å²) in [4.78, 5) is 25.0. The zero-order chi connectivity index (χ0) is 19.1. The molecule has 0 spiro atoms. The summed E-state index contributed by atoms with van der Waals surface area (Å²) in [5.74, 6) is -2.27. The van der Waals surface area contributed by atoms with Crippen LogP contribution in [0.5, 0.6) is 0 Å². The van der Waals surface area contributed by atoms with Crippen molar-refractivity contribution in [3.05, 3.63) is 28.5 Å². The Balaban J connectivity index is 1.96. The van der Waals surface area contributed by atoms with Gasteiger partial charge >= 0.3 is 11.9 Å². The van der Waals surface area contributed by atoms with Crippen LogP contribution >= 0.6 is 0 Å². The molecule has 0 amide bonds. The van der Waals surface area contributed by atoms with Crippen molar-refractivity contribution in [1.29, 1.82) is 0 Å². The molecule has 3 heterocycles. The highest BCUT2D eigenvalue weighted by molar-refractivity contribution is 5.89. The van der Waals surface area contributed by atoms with Gasteiger partial charge in [0.25, 0.3) is 0 Å². The van der Waals surface area contributed by atoms with Crippen LogP contribution in [0, 0.1) is 11.1 Å². The first-order chi connectivity index (χ1) is 12.2. The van der Waals surface area contributed by atoms with Crippen molar-refractivity contribution in [3.63, 3.8) is 0 Å². The third kappa shape index (κ3) is 2.96. The average Bonchev–Trinajstić information content (AvgIpc) is 3.11. The Bertz CT molecular complexity index is 672. The number of cyclic esters (lactones) is 1. The van der Waals surface area contributed by atoms with Crippen molar-refractivity contribution >= 4 is 11.9 Å². The maximum Gasteiger partial charge on any atom is 0.341 e. The standard InChI is InChI=1S/C18H25NO7/c1-3-12-8-11(2)18(23,10-20)17(22)25-9-13-4-6-19(24)7-5-14(15(13)19)26-16(12)21/h3-4,11,14-15,20,23H,5-10H2,1-2H3/b12-3-/t11-,14+,15+,18-,19+/m0/s1. The van der Waals surface area contributed by atoms with Gasteiger partial charge in [0.15, 0.2) is 17.7 Å². The van der Waals surface area contributed by atoms with Crippen molar-refractivity contribution < 1.29 is 33.9 Å². The molecule has 0 aromatic carbocycles. The van der Waals surface area contributed by atoms with Crippen LogP contribution in [0.4, 0.5) is 0 Å². The van der Waals surface area contributed by atoms with Crippen LogP contribution in [0.1, 0.15) is 26.7 Å². The Labute approximate surface area is 151 Å². The molecule has 0 aromatic heterocycles. The molecule has 0 radical (unpaired) electrons. The average molecular weight is 367 g/mol. The minimum atomic E-state index is -2.13. The zero-order valence-electron chi connectivity index (χ0n) is 15.0. The van der Waals surface area contributed by atoms with Crippen molar-refractivity contribution in [2.45, 2.75) is 44.4 Å². The maximum atomic E-state index is 12.9. The van der Waals surface area contributed by atoms with Crippen molar-refractivity contribution in [1.82, 2.24) is 0 Å². The number of hydroxylamine groups is 3. The van der Waals surface area contributed by atoms with Crippen LogP contribution in [0.2, 0.25) is 0 Å². The van der Waals surface area contributed by atoms with E-state index >= 15 is 0 Å². The van der Waals surface area contributed by atoms with Gasteiger partial charge in [-0.05, 0) is 19.4 Å². The molecule has 0 aromatic rings. The van der Waals surface area contributed by atoms with Crippen LogP contribution in [0.15, 0.2) is 23.3 Å². The van der Waals surface area contributed by atoms with Gasteiger partial charge in [-0.2, -0.15) is 0 Å². The van der Waals surface area contributed by atoms with Gasteiger partial charge in [-0.3, -0.25) is 0 Å². The molecule has 0 saturated carbocycles. The second kappa shape index (κ2) is 6.77. The number of nitrogens with zero attached hydrogens (tertiary/aromatic N) is 1. The highest BCUT2D eigenvalue weighted by atomic mass is 16.6. The van der Waals surface area contributed by atoms with Gasteiger partial charge in [0.1, 0.15) is 6.61 Å². The summed E-state index contributed by atoms with van der Waals surface area (Å²) >= 11 is 0. The zero-order valence-corrected chi connectivity index (χ0v) is 15.0. The van der Waals surface area contributed by atoms with Gasteiger partial charge in [0, 0.05) is 23.5 Å². The van der Waals surface area contributed by atoms with Gasteiger partial charge in [0.2, 0.25) is 0 Å². The lowest BCUT2D eigenvalue weighted by Gasteiger charge is -2.41. The molecule has 144 valence electrons. The molecule has 8 nitrogen and oxygen atoms in total. The molecule has 8 heteroatoms. The Morgan fingerprint density at radius 3 is 2.85 bits per heavy atom. The van der Waals surface area contributed by atoms with Gasteiger partial charge in [-0.25, -0.2) is 9.59 Å². The molecular formula is C18H25NO7. The van der Waals surface area contributed by atoms with Crippen LogP contribution in [0.3, 0.4) is 0 Å². The second-order valence-corrected chi connectivity index (χ2v) is 7.39. The predicted octanol–water partition coefficient (Wildman–Crippen LogP) is 0.178. The molecule has 0 unspecified atom stereocenters. The third-order valence-corrected chi connectivity index (χ3v) is 5.87. The Morgan fingerprint density at radius 1 is 1.46 bits per heavy atom. The topological polar surface area (TPSA) is 116 Å². The van der Waals surface area contributed by atoms with Gasteiger partial charge in [-0.1, -0.05) is 13.0 Å². The fourth-order valence-corrected chi connectivity index (χ4v) is 4.08. The van der Waals surface area contributed by atoms with Crippen LogP contribution < -0.4 is 0 Å². The summed E-state index contributed by atoms with van der Waals surface area (Å²) in [5.41, 5.74) is -1.25. The van der Waals surface area contributed by atoms with Crippen LogP contribution in [0.25, 0.3) is 0 Å². The molecule has 3 aliphatic rings. The monoisotopic (exact) mass is 367 g/mol. The van der Waals surface area contributed by atoms with Gasteiger partial charge in [-0.15, -0.1) is 0 Å². The van der Waals surface area contributed by atoms with Crippen molar-refractivity contribution in [2.75, 3.05) is 26.3 Å². The Morgan fingerprint density at radius 2 is 2.19 bits per heavy atom. The Hall–Kier alpha value is -1.74.